The van der Waals surface area contributed by atoms with Crippen molar-refractivity contribution in [3.8, 4) is 22.6 Å². The highest BCUT2D eigenvalue weighted by molar-refractivity contribution is 6.03. The summed E-state index contributed by atoms with van der Waals surface area (Å²) in [5.74, 6) is -2.11. The number of benzene rings is 4. The molecule has 0 atom stereocenters. The first kappa shape index (κ1) is 30.5. The van der Waals surface area contributed by atoms with Crippen LogP contribution in [-0.4, -0.2) is 24.0 Å². The van der Waals surface area contributed by atoms with Crippen molar-refractivity contribution in [3.05, 3.63) is 95.8 Å². The van der Waals surface area contributed by atoms with Crippen LogP contribution in [0.5, 0.6) is 11.5 Å². The molecule has 1 heterocycles. The summed E-state index contributed by atoms with van der Waals surface area (Å²) in [5.41, 5.74) is 0.418. The third-order valence-electron chi connectivity index (χ3n) is 7.04. The van der Waals surface area contributed by atoms with Gasteiger partial charge in [-0.3, -0.25) is 0 Å². The zero-order chi connectivity index (χ0) is 32.0. The first-order chi connectivity index (χ1) is 20.5. The lowest BCUT2D eigenvalue weighted by molar-refractivity contribution is -0.274. The lowest BCUT2D eigenvalue weighted by atomic mass is 9.81. The van der Waals surface area contributed by atoms with Crippen molar-refractivity contribution in [1.29, 1.82) is 0 Å². The Labute approximate surface area is 246 Å². The Morgan fingerprint density at radius 3 is 2.16 bits per heavy atom. The number of amides is 2. The molecule has 6 nitrogen and oxygen atoms in total. The molecule has 0 spiro atoms. The molecule has 1 aliphatic heterocycles. The maximum atomic E-state index is 15.2. The Morgan fingerprint density at radius 1 is 0.909 bits per heavy atom. The van der Waals surface area contributed by atoms with Gasteiger partial charge in [0.05, 0.1) is 22.6 Å². The number of phenols is 1. The lowest BCUT2D eigenvalue weighted by Crippen LogP contribution is -2.27. The Morgan fingerprint density at radius 2 is 1.55 bits per heavy atom. The number of carbonyl (C=O) groups is 1. The second-order valence-corrected chi connectivity index (χ2v) is 10.7. The Kier molecular flexibility index (Phi) is 7.60. The third kappa shape index (κ3) is 6.21. The first-order valence-corrected chi connectivity index (χ1v) is 13.1. The van der Waals surface area contributed by atoms with Crippen molar-refractivity contribution in [1.82, 2.24) is 0 Å². The maximum absolute atomic E-state index is 15.2. The summed E-state index contributed by atoms with van der Waals surface area (Å²) in [6.07, 6.45) is -9.42. The minimum atomic E-state index is -4.87. The van der Waals surface area contributed by atoms with Crippen LogP contribution in [0.1, 0.15) is 25.0 Å². The molecule has 5 rings (SSSR count). The Bertz CT molecular complexity index is 1700. The van der Waals surface area contributed by atoms with Crippen molar-refractivity contribution < 1.29 is 45.4 Å². The highest BCUT2D eigenvalue weighted by Gasteiger charge is 2.42. The highest BCUT2D eigenvalue weighted by Crippen LogP contribution is 2.54. The van der Waals surface area contributed by atoms with Crippen LogP contribution in [0.15, 0.2) is 78.9 Å². The quantitative estimate of drug-likeness (QED) is 0.195. The van der Waals surface area contributed by atoms with E-state index in [0.29, 0.717) is 22.4 Å². The molecular weight excluding hydrogens is 595 g/mol. The number of urea groups is 1. The van der Waals surface area contributed by atoms with Crippen molar-refractivity contribution in [2.45, 2.75) is 31.8 Å². The predicted octanol–water partition coefficient (Wildman–Crippen LogP) is 9.19. The van der Waals surface area contributed by atoms with Crippen molar-refractivity contribution in [3.63, 3.8) is 0 Å². The fraction of sp³-hybridized carbons (Fsp3) is 0.194. The number of nitrogens with one attached hydrogen (secondary N) is 2. The summed E-state index contributed by atoms with van der Waals surface area (Å²) in [6.45, 7) is 3.88. The lowest BCUT2D eigenvalue weighted by Gasteiger charge is -2.25. The van der Waals surface area contributed by atoms with Crippen LogP contribution in [0.25, 0.3) is 11.1 Å². The van der Waals surface area contributed by atoms with E-state index in [1.54, 1.807) is 29.2 Å². The number of ether oxygens (including phenoxy) is 1. The van der Waals surface area contributed by atoms with E-state index in [2.05, 4.69) is 15.4 Å². The van der Waals surface area contributed by atoms with Gasteiger partial charge in [-0.2, -0.15) is 13.2 Å². The molecule has 0 radical (unpaired) electrons. The molecule has 0 saturated carbocycles. The van der Waals surface area contributed by atoms with E-state index in [1.807, 2.05) is 13.8 Å². The van der Waals surface area contributed by atoms with Crippen LogP contribution in [-0.2, 0) is 11.6 Å². The van der Waals surface area contributed by atoms with Crippen LogP contribution in [0, 0.1) is 5.82 Å². The van der Waals surface area contributed by atoms with E-state index in [-0.39, 0.29) is 23.6 Å². The summed E-state index contributed by atoms with van der Waals surface area (Å²) in [5, 5.41) is 16.1. The van der Waals surface area contributed by atoms with Crippen molar-refractivity contribution in [2.24, 2.45) is 0 Å². The maximum Gasteiger partial charge on any atom is 0.573 e. The number of phenolic OH excluding ortho intramolecular Hbond substituents is 1. The van der Waals surface area contributed by atoms with Gasteiger partial charge in [0.2, 0.25) is 0 Å². The van der Waals surface area contributed by atoms with Crippen molar-refractivity contribution in [2.75, 3.05) is 22.1 Å². The zero-order valence-corrected chi connectivity index (χ0v) is 23.1. The minimum absolute atomic E-state index is 0.0970. The smallest absolute Gasteiger partial charge is 0.503 e. The van der Waals surface area contributed by atoms with E-state index in [1.165, 1.54) is 24.3 Å². The predicted molar refractivity (Wildman–Crippen MR) is 151 cm³/mol. The zero-order valence-electron chi connectivity index (χ0n) is 23.1. The SMILES string of the molecule is CC1(C)CN(c2ccccc2NC(=O)Nc2ccc(OC(F)(F)F)cc2)c2c(O)c(F)cc(-c3ccc(C(F)(F)F)cc3)c21. The molecule has 0 saturated heterocycles. The number of carbonyl (C=O) groups excluding carboxylic acids is 1. The second kappa shape index (κ2) is 11.0. The summed E-state index contributed by atoms with van der Waals surface area (Å²) >= 11 is 0. The molecular formula is C31H24F7N3O3. The number of alkyl halides is 6. The van der Waals surface area contributed by atoms with Gasteiger partial charge in [-0.15, -0.1) is 13.2 Å². The van der Waals surface area contributed by atoms with E-state index >= 15 is 4.39 Å². The molecule has 0 fully saturated rings. The number of halogens is 7. The number of fused-ring (bicyclic) bond motifs is 1. The van der Waals surface area contributed by atoms with Crippen LogP contribution in [0.4, 0.5) is 58.3 Å². The minimum Gasteiger partial charge on any atom is -0.503 e. The number of para-hydroxylation sites is 2. The van der Waals surface area contributed by atoms with E-state index in [9.17, 15) is 36.2 Å². The van der Waals surface area contributed by atoms with Gasteiger partial charge in [-0.1, -0.05) is 38.1 Å². The topological polar surface area (TPSA) is 73.8 Å². The summed E-state index contributed by atoms with van der Waals surface area (Å²) < 4.78 is 95.8. The van der Waals surface area contributed by atoms with Gasteiger partial charge in [0, 0.05) is 17.6 Å². The molecule has 4 aromatic rings. The molecule has 44 heavy (non-hydrogen) atoms. The van der Waals surface area contributed by atoms with Gasteiger partial charge < -0.3 is 25.4 Å². The van der Waals surface area contributed by atoms with Crippen LogP contribution in [0.3, 0.4) is 0 Å². The standard InChI is InChI=1S/C31H24F7N3O3/c1-29(2)16-41(26-25(29)21(15-22(32)27(26)42)17-7-9-18(10-8-17)30(33,34)35)24-6-4-3-5-23(24)40-28(43)39-19-11-13-20(14-12-19)44-31(36,37)38/h3-15,42H,16H2,1-2H3,(H2,39,40,43). The molecule has 1 aliphatic rings. The normalized spacial score (nSPS) is 14.2. The fourth-order valence-corrected chi connectivity index (χ4v) is 5.24. The third-order valence-corrected chi connectivity index (χ3v) is 7.04. The Hall–Kier alpha value is -4.94. The Balaban J connectivity index is 1.47. The van der Waals surface area contributed by atoms with Gasteiger partial charge in [-0.05, 0) is 71.3 Å². The van der Waals surface area contributed by atoms with Gasteiger partial charge in [-0.25, -0.2) is 9.18 Å². The average Bonchev–Trinajstić information content (AvgIpc) is 3.22. The summed E-state index contributed by atoms with van der Waals surface area (Å²) in [4.78, 5) is 14.5. The molecule has 2 amide bonds. The molecule has 0 unspecified atom stereocenters. The molecule has 3 N–H and O–H groups in total. The number of aromatic hydroxyl groups is 1. The van der Waals surface area contributed by atoms with E-state index in [0.717, 1.165) is 30.3 Å². The first-order valence-electron chi connectivity index (χ1n) is 13.1. The average molecular weight is 620 g/mol. The van der Waals surface area contributed by atoms with E-state index < -0.39 is 46.9 Å². The molecule has 0 aromatic heterocycles. The molecule has 4 aromatic carbocycles. The molecule has 0 aliphatic carbocycles. The van der Waals surface area contributed by atoms with Gasteiger partial charge in [0.15, 0.2) is 11.6 Å². The van der Waals surface area contributed by atoms with Gasteiger partial charge >= 0.3 is 18.6 Å². The number of hydrogen-bond donors (Lipinski definition) is 3. The monoisotopic (exact) mass is 619 g/mol. The number of nitrogens with zero attached hydrogens (tertiary/aromatic N) is 1. The number of rotatable bonds is 5. The van der Waals surface area contributed by atoms with E-state index in [4.69, 9.17) is 0 Å². The molecule has 13 heteroatoms. The highest BCUT2D eigenvalue weighted by atomic mass is 19.4. The summed E-state index contributed by atoms with van der Waals surface area (Å²) in [7, 11) is 0. The number of anilines is 4. The fourth-order valence-electron chi connectivity index (χ4n) is 5.24. The van der Waals surface area contributed by atoms with Gasteiger partial charge in [0.1, 0.15) is 5.75 Å². The van der Waals surface area contributed by atoms with Crippen LogP contribution >= 0.6 is 0 Å². The van der Waals surface area contributed by atoms with Crippen LogP contribution in [0.2, 0.25) is 0 Å². The summed E-state index contributed by atoms with van der Waals surface area (Å²) in [6, 6.07) is 15.6. The molecule has 230 valence electrons. The second-order valence-electron chi connectivity index (χ2n) is 10.7. The van der Waals surface area contributed by atoms with Crippen LogP contribution < -0.4 is 20.3 Å². The van der Waals surface area contributed by atoms with Crippen molar-refractivity contribution >= 4 is 28.8 Å². The largest absolute Gasteiger partial charge is 0.573 e. The van der Waals surface area contributed by atoms with Gasteiger partial charge in [0.25, 0.3) is 0 Å². The number of hydrogen-bond acceptors (Lipinski definition) is 4. The molecule has 0 bridgehead atoms.